The number of anilines is 3. The van der Waals surface area contributed by atoms with E-state index in [1.807, 2.05) is 6.07 Å². The van der Waals surface area contributed by atoms with Crippen LogP contribution >= 0.6 is 0 Å². The summed E-state index contributed by atoms with van der Waals surface area (Å²) in [5.74, 6) is -0.428. The predicted octanol–water partition coefficient (Wildman–Crippen LogP) is 1.25. The van der Waals surface area contributed by atoms with Gasteiger partial charge in [-0.2, -0.15) is 23.4 Å². The molecule has 1 unspecified atom stereocenters. The lowest BCUT2D eigenvalue weighted by Gasteiger charge is -2.15. The number of nitrogens with zero attached hydrogens (tertiary/aromatic N) is 4. The van der Waals surface area contributed by atoms with Gasteiger partial charge in [0.15, 0.2) is 0 Å². The molecular weight excluding hydrogens is 391 g/mol. The number of nitrogens with one attached hydrogen (secondary N) is 3. The summed E-state index contributed by atoms with van der Waals surface area (Å²) < 4.78 is 39.6. The van der Waals surface area contributed by atoms with Gasteiger partial charge in [-0.1, -0.05) is 0 Å². The van der Waals surface area contributed by atoms with Gasteiger partial charge in [0, 0.05) is 19.3 Å². The summed E-state index contributed by atoms with van der Waals surface area (Å²) in [7, 11) is 0. The van der Waals surface area contributed by atoms with Crippen LogP contribution in [0.3, 0.4) is 0 Å². The molecule has 0 aliphatic carbocycles. The van der Waals surface area contributed by atoms with Gasteiger partial charge in [0.1, 0.15) is 23.1 Å². The van der Waals surface area contributed by atoms with Gasteiger partial charge < -0.3 is 26.2 Å². The van der Waals surface area contributed by atoms with Gasteiger partial charge in [0.25, 0.3) is 0 Å². The molecule has 0 aromatic carbocycles. The van der Waals surface area contributed by atoms with Crippen molar-refractivity contribution in [3.8, 4) is 6.07 Å². The van der Waals surface area contributed by atoms with Crippen molar-refractivity contribution >= 4 is 17.5 Å². The van der Waals surface area contributed by atoms with E-state index < -0.39 is 17.8 Å². The van der Waals surface area contributed by atoms with Crippen LogP contribution in [0.4, 0.5) is 30.6 Å². The molecule has 1 atom stereocenters. The molecule has 0 saturated heterocycles. The van der Waals surface area contributed by atoms with Crippen LogP contribution in [0.2, 0.25) is 0 Å². The third-order valence-electron chi connectivity index (χ3n) is 3.64. The smallest absolute Gasteiger partial charge is 0.394 e. The molecule has 0 spiro atoms. The minimum Gasteiger partial charge on any atom is -0.394 e. The van der Waals surface area contributed by atoms with E-state index in [1.165, 1.54) is 18.3 Å². The Morgan fingerprint density at radius 2 is 1.97 bits per heavy atom. The molecular formula is C17H20F3N7O2. The van der Waals surface area contributed by atoms with E-state index in [4.69, 9.17) is 10.4 Å². The maximum Gasteiger partial charge on any atom is 0.421 e. The molecule has 156 valence electrons. The molecule has 0 aliphatic heterocycles. The molecule has 2 aromatic rings. The maximum absolute atomic E-state index is 13.2. The molecule has 29 heavy (non-hydrogen) atoms. The molecule has 0 fully saturated rings. The Bertz CT molecular complexity index is 825. The lowest BCUT2D eigenvalue weighted by atomic mass is 10.3. The van der Waals surface area contributed by atoms with E-state index in [0.717, 1.165) is 0 Å². The highest BCUT2D eigenvalue weighted by molar-refractivity contribution is 5.56. The van der Waals surface area contributed by atoms with Gasteiger partial charge in [-0.05, 0) is 25.1 Å². The Hall–Kier alpha value is -3.01. The Morgan fingerprint density at radius 1 is 1.17 bits per heavy atom. The third kappa shape index (κ3) is 7.15. The zero-order valence-corrected chi connectivity index (χ0v) is 15.2. The highest BCUT2D eigenvalue weighted by Crippen LogP contribution is 2.34. The van der Waals surface area contributed by atoms with Crippen LogP contribution in [0.5, 0.6) is 0 Å². The zero-order valence-electron chi connectivity index (χ0n) is 15.2. The topological polar surface area (TPSA) is 139 Å². The Kier molecular flexibility index (Phi) is 8.08. The molecule has 12 heteroatoms. The molecule has 0 bridgehead atoms. The van der Waals surface area contributed by atoms with Crippen molar-refractivity contribution in [3.05, 3.63) is 35.8 Å². The lowest BCUT2D eigenvalue weighted by Crippen LogP contribution is -2.30. The largest absolute Gasteiger partial charge is 0.421 e. The molecule has 0 amide bonds. The van der Waals surface area contributed by atoms with Crippen LogP contribution in [0, 0.1) is 11.3 Å². The minimum absolute atomic E-state index is 0.0591. The fourth-order valence-electron chi connectivity index (χ4n) is 2.20. The number of aliphatic hydroxyl groups is 2. The summed E-state index contributed by atoms with van der Waals surface area (Å²) in [5.41, 5.74) is -0.377. The molecule has 0 saturated carbocycles. The van der Waals surface area contributed by atoms with Gasteiger partial charge in [0.2, 0.25) is 5.95 Å². The zero-order chi connectivity index (χ0) is 21.3. The second-order valence-electron chi connectivity index (χ2n) is 5.94. The summed E-state index contributed by atoms with van der Waals surface area (Å²) in [6.45, 7) is 0.439. The molecule has 0 aliphatic rings. The molecule has 5 N–H and O–H groups in total. The van der Waals surface area contributed by atoms with Crippen molar-refractivity contribution in [2.45, 2.75) is 18.7 Å². The Labute approximate surface area is 164 Å². The van der Waals surface area contributed by atoms with E-state index in [2.05, 4.69) is 30.9 Å². The minimum atomic E-state index is -4.62. The molecule has 0 radical (unpaired) electrons. The predicted molar refractivity (Wildman–Crippen MR) is 98.3 cm³/mol. The molecule has 9 nitrogen and oxygen atoms in total. The number of alkyl halides is 3. The van der Waals surface area contributed by atoms with E-state index in [0.29, 0.717) is 24.8 Å². The number of halogens is 3. The fourth-order valence-corrected chi connectivity index (χ4v) is 2.20. The normalized spacial score (nSPS) is 12.3. The summed E-state index contributed by atoms with van der Waals surface area (Å²) in [5, 5.41) is 34.9. The van der Waals surface area contributed by atoms with Gasteiger partial charge in [-0.3, -0.25) is 0 Å². The lowest BCUT2D eigenvalue weighted by molar-refractivity contribution is -0.137. The summed E-state index contributed by atoms with van der Waals surface area (Å²) >= 11 is 0. The average Bonchev–Trinajstić information content (AvgIpc) is 2.70. The van der Waals surface area contributed by atoms with Crippen LogP contribution in [0.25, 0.3) is 0 Å². The summed E-state index contributed by atoms with van der Waals surface area (Å²) in [6.07, 6.45) is -3.02. The van der Waals surface area contributed by atoms with Crippen LogP contribution in [-0.2, 0) is 6.18 Å². The molecule has 2 aromatic heterocycles. The van der Waals surface area contributed by atoms with Crippen LogP contribution in [0.15, 0.2) is 24.5 Å². The number of hydrogen-bond donors (Lipinski definition) is 5. The first kappa shape index (κ1) is 22.3. The van der Waals surface area contributed by atoms with Crippen molar-refractivity contribution in [2.75, 3.05) is 36.9 Å². The monoisotopic (exact) mass is 411 g/mol. The number of hydrogen-bond acceptors (Lipinski definition) is 9. The number of aliphatic hydroxyl groups excluding tert-OH is 2. The van der Waals surface area contributed by atoms with Crippen molar-refractivity contribution in [1.29, 1.82) is 5.26 Å². The fraction of sp³-hybridized carbons (Fsp3) is 0.412. The van der Waals surface area contributed by atoms with Gasteiger partial charge >= 0.3 is 6.18 Å². The number of pyridine rings is 1. The van der Waals surface area contributed by atoms with E-state index in [9.17, 15) is 18.3 Å². The number of aromatic nitrogens is 3. The Balaban J connectivity index is 2.01. The van der Waals surface area contributed by atoms with Gasteiger partial charge in [-0.25, -0.2) is 9.97 Å². The van der Waals surface area contributed by atoms with Crippen LogP contribution in [0.1, 0.15) is 17.7 Å². The molecule has 2 rings (SSSR count). The van der Waals surface area contributed by atoms with E-state index in [-0.39, 0.29) is 37.2 Å². The van der Waals surface area contributed by atoms with E-state index >= 15 is 0 Å². The van der Waals surface area contributed by atoms with Crippen LogP contribution in [-0.4, -0.2) is 57.5 Å². The second kappa shape index (κ2) is 10.5. The van der Waals surface area contributed by atoms with Crippen molar-refractivity contribution in [2.24, 2.45) is 0 Å². The first-order valence-corrected chi connectivity index (χ1v) is 8.64. The van der Waals surface area contributed by atoms with Crippen molar-refractivity contribution < 1.29 is 23.4 Å². The first-order valence-electron chi connectivity index (χ1n) is 8.64. The first-order chi connectivity index (χ1) is 13.8. The summed E-state index contributed by atoms with van der Waals surface area (Å²) in [6, 6.07) is 4.85. The van der Waals surface area contributed by atoms with Crippen molar-refractivity contribution in [1.82, 2.24) is 20.3 Å². The third-order valence-corrected chi connectivity index (χ3v) is 3.64. The van der Waals surface area contributed by atoms with E-state index in [1.54, 1.807) is 0 Å². The Morgan fingerprint density at radius 3 is 2.59 bits per heavy atom. The number of nitriles is 1. The SMILES string of the molecule is N#Cc1ccc(Nc2ncc(C(F)(F)F)c(NCCCNCC(O)CO)n2)cn1. The number of rotatable bonds is 10. The van der Waals surface area contributed by atoms with Crippen molar-refractivity contribution in [3.63, 3.8) is 0 Å². The highest BCUT2D eigenvalue weighted by atomic mass is 19.4. The standard InChI is InChI=1S/C17H20F3N7O2/c18-17(19,20)14-9-25-16(26-12-3-2-11(6-21)24-7-12)27-15(14)23-5-1-4-22-8-13(29)10-28/h2-3,7,9,13,22,28-29H,1,4-5,8,10H2,(H2,23,25,26,27). The van der Waals surface area contributed by atoms with Crippen LogP contribution < -0.4 is 16.0 Å². The summed E-state index contributed by atoms with van der Waals surface area (Å²) in [4.78, 5) is 11.4. The maximum atomic E-state index is 13.2. The van der Waals surface area contributed by atoms with Gasteiger partial charge in [0.05, 0.1) is 24.6 Å². The quantitative estimate of drug-likeness (QED) is 0.366. The average molecular weight is 411 g/mol. The highest BCUT2D eigenvalue weighted by Gasteiger charge is 2.35. The van der Waals surface area contributed by atoms with Gasteiger partial charge in [-0.15, -0.1) is 0 Å². The molecule has 2 heterocycles. The second-order valence-corrected chi connectivity index (χ2v) is 5.94.